The third-order valence-electron chi connectivity index (χ3n) is 9.32. The van der Waals surface area contributed by atoms with Crippen LogP contribution < -0.4 is 5.32 Å². The number of likely N-dealkylation sites (N-methyl/N-ethyl adjacent to an activating group) is 2. The van der Waals surface area contributed by atoms with Crippen molar-refractivity contribution in [1.82, 2.24) is 24.9 Å². The summed E-state index contributed by atoms with van der Waals surface area (Å²) in [6.07, 6.45) is 5.53. The molecular weight excluding hydrogens is 461 g/mol. The molecule has 36 heavy (non-hydrogen) atoms. The predicted molar refractivity (Wildman–Crippen MR) is 135 cm³/mol. The first-order chi connectivity index (χ1) is 17.3. The minimum absolute atomic E-state index is 0.0748. The quantitative estimate of drug-likeness (QED) is 0.499. The Bertz CT molecular complexity index is 930. The first-order valence-corrected chi connectivity index (χ1v) is 13.6. The van der Waals surface area contributed by atoms with Gasteiger partial charge in [0.25, 0.3) is 0 Å². The van der Waals surface area contributed by atoms with Crippen LogP contribution in [0.2, 0.25) is 0 Å². The summed E-state index contributed by atoms with van der Waals surface area (Å²) in [6, 6.07) is 0. The molecule has 0 atom stereocenters. The van der Waals surface area contributed by atoms with Crippen LogP contribution in [0.25, 0.3) is 0 Å². The van der Waals surface area contributed by atoms with Crippen molar-refractivity contribution in [3.8, 4) is 0 Å². The molecule has 2 bridgehead atoms. The monoisotopic (exact) mass is 505 g/mol. The Morgan fingerprint density at radius 3 is 2.42 bits per heavy atom. The summed E-state index contributed by atoms with van der Waals surface area (Å²) < 4.78 is 27.5. The number of amides is 1. The van der Waals surface area contributed by atoms with Crippen LogP contribution >= 0.6 is 0 Å². The molecule has 2 heterocycles. The molecule has 4 saturated carbocycles. The summed E-state index contributed by atoms with van der Waals surface area (Å²) in [5, 5.41) is 8.33. The zero-order valence-corrected chi connectivity index (χ0v) is 22.6. The molecule has 4 aliphatic carbocycles. The Kier molecular flexibility index (Phi) is 7.22. The molecular formula is C27H44FN5O3. The van der Waals surface area contributed by atoms with Gasteiger partial charge in [-0.1, -0.05) is 0 Å². The Labute approximate surface area is 214 Å². The van der Waals surface area contributed by atoms with Crippen LogP contribution in [0.3, 0.4) is 0 Å². The standard InChI is InChI=1S/C27H44FN5O3/c1-29-9-10-31(2)13-21-23(20-5-7-25(8-6-20,18-35-3)19-36-4)22-14-32(11-12-33(22)30-21)24(34)26-15-27(28,16-26)17-26/h20,29H,5-19H2,1-4H3. The molecule has 8 nitrogen and oxygen atoms in total. The number of halogens is 1. The molecule has 1 aromatic rings. The molecule has 0 unspecified atom stereocenters. The highest BCUT2D eigenvalue weighted by molar-refractivity contribution is 5.87. The number of hydrogen-bond donors (Lipinski definition) is 1. The minimum atomic E-state index is -1.05. The van der Waals surface area contributed by atoms with Gasteiger partial charge in [0.2, 0.25) is 5.91 Å². The van der Waals surface area contributed by atoms with Gasteiger partial charge < -0.3 is 19.7 Å². The van der Waals surface area contributed by atoms with E-state index in [2.05, 4.69) is 21.9 Å². The molecule has 0 spiro atoms. The minimum Gasteiger partial charge on any atom is -0.384 e. The van der Waals surface area contributed by atoms with E-state index in [0.717, 1.165) is 70.8 Å². The van der Waals surface area contributed by atoms with Gasteiger partial charge in [-0.15, -0.1) is 0 Å². The molecule has 1 aromatic heterocycles. The lowest BCUT2D eigenvalue weighted by atomic mass is 9.42. The van der Waals surface area contributed by atoms with E-state index in [0.29, 0.717) is 38.3 Å². The molecule has 0 aromatic carbocycles. The first-order valence-electron chi connectivity index (χ1n) is 13.6. The number of carbonyl (C=O) groups is 1. The lowest BCUT2D eigenvalue weighted by molar-refractivity contribution is -0.223. The highest BCUT2D eigenvalue weighted by Crippen LogP contribution is 2.70. The number of methoxy groups -OCH3 is 2. The maximum atomic E-state index is 14.2. The van der Waals surface area contributed by atoms with Crippen LogP contribution in [0.1, 0.15) is 67.8 Å². The summed E-state index contributed by atoms with van der Waals surface area (Å²) in [7, 11) is 7.68. The number of alkyl halides is 1. The van der Waals surface area contributed by atoms with Crippen LogP contribution in [0, 0.1) is 10.8 Å². The van der Waals surface area contributed by atoms with Crippen LogP contribution in [-0.4, -0.2) is 92.3 Å². The number of ether oxygens (including phenoxy) is 2. The Hall–Kier alpha value is -1.55. The molecule has 5 aliphatic rings. The second-order valence-corrected chi connectivity index (χ2v) is 12.2. The molecule has 1 N–H and O–H groups in total. The summed E-state index contributed by atoms with van der Waals surface area (Å²) in [6.45, 7) is 6.11. The number of hydrogen-bond acceptors (Lipinski definition) is 6. The van der Waals surface area contributed by atoms with E-state index in [-0.39, 0.29) is 11.3 Å². The second kappa shape index (κ2) is 9.97. The highest BCUT2D eigenvalue weighted by Gasteiger charge is 2.73. The van der Waals surface area contributed by atoms with E-state index in [9.17, 15) is 9.18 Å². The van der Waals surface area contributed by atoms with Gasteiger partial charge >= 0.3 is 0 Å². The van der Waals surface area contributed by atoms with Gasteiger partial charge in [-0.25, -0.2) is 4.39 Å². The van der Waals surface area contributed by atoms with Crippen LogP contribution in [0.5, 0.6) is 0 Å². The molecule has 202 valence electrons. The molecule has 0 saturated heterocycles. The van der Waals surface area contributed by atoms with E-state index in [4.69, 9.17) is 14.6 Å². The lowest BCUT2D eigenvalue weighted by Gasteiger charge is -2.65. The number of rotatable bonds is 11. The Morgan fingerprint density at radius 1 is 1.17 bits per heavy atom. The van der Waals surface area contributed by atoms with Crippen molar-refractivity contribution in [3.05, 3.63) is 17.0 Å². The topological polar surface area (TPSA) is 71.9 Å². The normalized spacial score (nSPS) is 29.1. The van der Waals surface area contributed by atoms with Crippen molar-refractivity contribution in [2.24, 2.45) is 10.8 Å². The zero-order chi connectivity index (χ0) is 25.6. The summed E-state index contributed by atoms with van der Waals surface area (Å²) >= 11 is 0. The molecule has 0 radical (unpaired) electrons. The number of aromatic nitrogens is 2. The lowest BCUT2D eigenvalue weighted by Crippen LogP contribution is -2.70. The second-order valence-electron chi connectivity index (χ2n) is 12.2. The van der Waals surface area contributed by atoms with Gasteiger partial charge in [-0.2, -0.15) is 5.10 Å². The van der Waals surface area contributed by atoms with Crippen molar-refractivity contribution in [3.63, 3.8) is 0 Å². The van der Waals surface area contributed by atoms with E-state index in [1.54, 1.807) is 14.2 Å². The molecule has 6 rings (SSSR count). The number of nitrogens with one attached hydrogen (secondary N) is 1. The summed E-state index contributed by atoms with van der Waals surface area (Å²) in [4.78, 5) is 17.7. The Balaban J connectivity index is 1.37. The fourth-order valence-electron chi connectivity index (χ4n) is 7.48. The zero-order valence-electron chi connectivity index (χ0n) is 22.6. The molecule has 1 aliphatic heterocycles. The van der Waals surface area contributed by atoms with Gasteiger partial charge in [0, 0.05) is 51.4 Å². The van der Waals surface area contributed by atoms with Crippen molar-refractivity contribution >= 4 is 5.91 Å². The van der Waals surface area contributed by atoms with Gasteiger partial charge in [-0.05, 0) is 65.0 Å². The van der Waals surface area contributed by atoms with E-state index in [1.807, 2.05) is 11.9 Å². The van der Waals surface area contributed by atoms with E-state index >= 15 is 0 Å². The third kappa shape index (κ3) is 4.61. The maximum Gasteiger partial charge on any atom is 0.229 e. The average Bonchev–Trinajstić information content (AvgIpc) is 3.17. The Morgan fingerprint density at radius 2 is 1.83 bits per heavy atom. The fraction of sp³-hybridized carbons (Fsp3) is 0.852. The number of fused-ring (bicyclic) bond motifs is 1. The van der Waals surface area contributed by atoms with Gasteiger partial charge in [0.05, 0.1) is 43.1 Å². The van der Waals surface area contributed by atoms with Crippen molar-refractivity contribution in [2.75, 3.05) is 61.2 Å². The van der Waals surface area contributed by atoms with Crippen molar-refractivity contribution in [2.45, 2.75) is 76.2 Å². The average molecular weight is 506 g/mol. The largest absolute Gasteiger partial charge is 0.384 e. The predicted octanol–water partition coefficient (Wildman–Crippen LogP) is 2.71. The summed E-state index contributed by atoms with van der Waals surface area (Å²) in [5.41, 5.74) is 2.31. The van der Waals surface area contributed by atoms with Gasteiger partial charge in [0.1, 0.15) is 5.67 Å². The fourth-order valence-corrected chi connectivity index (χ4v) is 7.48. The van der Waals surface area contributed by atoms with E-state index < -0.39 is 11.1 Å². The van der Waals surface area contributed by atoms with Crippen molar-refractivity contribution < 1.29 is 18.7 Å². The SMILES string of the molecule is CNCCN(C)Cc1nn2c(c1C1CCC(COC)(COC)CC1)CN(C(=O)C13CC(F)(C1)C3)CC2. The molecule has 1 amide bonds. The van der Waals surface area contributed by atoms with E-state index in [1.165, 1.54) is 11.3 Å². The molecule has 4 fully saturated rings. The first kappa shape index (κ1) is 26.1. The smallest absolute Gasteiger partial charge is 0.229 e. The maximum absolute atomic E-state index is 14.2. The number of carbonyl (C=O) groups excluding carboxylic acids is 1. The highest BCUT2D eigenvalue weighted by atomic mass is 19.1. The number of nitrogens with zero attached hydrogens (tertiary/aromatic N) is 4. The van der Waals surface area contributed by atoms with Gasteiger partial charge in [0.15, 0.2) is 0 Å². The van der Waals surface area contributed by atoms with Gasteiger partial charge in [-0.3, -0.25) is 14.4 Å². The summed E-state index contributed by atoms with van der Waals surface area (Å²) in [5.74, 6) is 0.582. The van der Waals surface area contributed by atoms with Crippen LogP contribution in [-0.2, 0) is 33.9 Å². The van der Waals surface area contributed by atoms with Crippen molar-refractivity contribution in [1.29, 1.82) is 0 Å². The molecule has 9 heteroatoms. The third-order valence-corrected chi connectivity index (χ3v) is 9.32. The van der Waals surface area contributed by atoms with Crippen LogP contribution in [0.15, 0.2) is 0 Å². The van der Waals surface area contributed by atoms with Crippen LogP contribution in [0.4, 0.5) is 4.39 Å².